The molecule has 31 heavy (non-hydrogen) atoms. The minimum absolute atomic E-state index is 0.0661. The highest BCUT2D eigenvalue weighted by Crippen LogP contribution is 2.18. The van der Waals surface area contributed by atoms with E-state index in [2.05, 4.69) is 19.1 Å². The minimum atomic E-state index is -1.03. The van der Waals surface area contributed by atoms with E-state index < -0.39 is 24.4 Å². The Hall–Kier alpha value is -0.460. The average Bonchev–Trinajstić information content (AvgIpc) is 3.10. The fourth-order valence-corrected chi connectivity index (χ4v) is 4.07. The van der Waals surface area contributed by atoms with Crippen molar-refractivity contribution in [3.05, 3.63) is 12.2 Å². The van der Waals surface area contributed by atoms with Gasteiger partial charge in [0, 0.05) is 6.61 Å². The standard InChI is InChI=1S/C26H50O5/c1-2-3-4-5-6-7-8-9-10-11-12-13-14-15-16-17-18-19-20-30-21-24(28)26-25(29)23(27)22-31-26/h13-14,23-29H,2-12,15-22H2,1H3/b14-13+/t23-,24+,25-,26-/m0/s1. The molecule has 184 valence electrons. The molecule has 0 saturated carbocycles. The fraction of sp³-hybridized carbons (Fsp3) is 0.923. The molecule has 1 aliphatic heterocycles. The Labute approximate surface area is 191 Å². The van der Waals surface area contributed by atoms with Crippen molar-refractivity contribution >= 4 is 0 Å². The molecule has 5 heteroatoms. The molecule has 0 aliphatic carbocycles. The molecule has 1 rings (SSSR count). The van der Waals surface area contributed by atoms with Crippen LogP contribution in [0.15, 0.2) is 12.2 Å². The SMILES string of the molecule is CCCCCCCCCCCC/C=C/CCCCCCOC[C@@H](O)[C@@H]1OC[C@H](O)[C@@H]1O. The second kappa shape index (κ2) is 20.2. The number of unbranched alkanes of at least 4 members (excludes halogenated alkanes) is 14. The average molecular weight is 443 g/mol. The zero-order valence-corrected chi connectivity index (χ0v) is 20.1. The van der Waals surface area contributed by atoms with Gasteiger partial charge in [0.15, 0.2) is 0 Å². The van der Waals surface area contributed by atoms with E-state index in [1.54, 1.807) is 0 Å². The third-order valence-electron chi connectivity index (χ3n) is 6.16. The first-order valence-electron chi connectivity index (χ1n) is 13.0. The molecule has 0 bridgehead atoms. The van der Waals surface area contributed by atoms with Crippen molar-refractivity contribution in [1.82, 2.24) is 0 Å². The Kier molecular flexibility index (Phi) is 18.6. The van der Waals surface area contributed by atoms with Crippen LogP contribution in [0.2, 0.25) is 0 Å². The van der Waals surface area contributed by atoms with Gasteiger partial charge in [0.1, 0.15) is 24.4 Å². The van der Waals surface area contributed by atoms with Gasteiger partial charge in [0.2, 0.25) is 0 Å². The van der Waals surface area contributed by atoms with E-state index in [0.29, 0.717) is 6.61 Å². The second-order valence-corrected chi connectivity index (χ2v) is 9.14. The summed E-state index contributed by atoms with van der Waals surface area (Å²) < 4.78 is 10.7. The topological polar surface area (TPSA) is 79.2 Å². The maximum atomic E-state index is 9.96. The third kappa shape index (κ3) is 15.1. The highest BCUT2D eigenvalue weighted by Gasteiger charge is 2.39. The van der Waals surface area contributed by atoms with Gasteiger partial charge in [-0.25, -0.2) is 0 Å². The zero-order chi connectivity index (χ0) is 22.6. The molecule has 1 fully saturated rings. The summed E-state index contributed by atoms with van der Waals surface area (Å²) in [4.78, 5) is 0. The molecule has 0 radical (unpaired) electrons. The molecule has 0 aromatic rings. The molecule has 0 amide bonds. The smallest absolute Gasteiger partial charge is 0.114 e. The summed E-state index contributed by atoms with van der Waals surface area (Å²) in [6.07, 6.45) is 22.0. The van der Waals surface area contributed by atoms with Gasteiger partial charge in [-0.2, -0.15) is 0 Å². The van der Waals surface area contributed by atoms with Crippen molar-refractivity contribution < 1.29 is 24.8 Å². The van der Waals surface area contributed by atoms with E-state index in [0.717, 1.165) is 19.3 Å². The van der Waals surface area contributed by atoms with E-state index in [1.807, 2.05) is 0 Å². The van der Waals surface area contributed by atoms with Crippen molar-refractivity contribution in [2.75, 3.05) is 19.8 Å². The fourth-order valence-electron chi connectivity index (χ4n) is 4.07. The maximum Gasteiger partial charge on any atom is 0.114 e. The Morgan fingerprint density at radius 1 is 0.806 bits per heavy atom. The predicted molar refractivity (Wildman–Crippen MR) is 127 cm³/mol. The van der Waals surface area contributed by atoms with Crippen LogP contribution in [0.25, 0.3) is 0 Å². The molecule has 4 atom stereocenters. The van der Waals surface area contributed by atoms with Crippen LogP contribution in [-0.4, -0.2) is 59.6 Å². The van der Waals surface area contributed by atoms with E-state index >= 15 is 0 Å². The van der Waals surface area contributed by atoms with Gasteiger partial charge in [-0.15, -0.1) is 0 Å². The third-order valence-corrected chi connectivity index (χ3v) is 6.16. The van der Waals surface area contributed by atoms with E-state index in [4.69, 9.17) is 9.47 Å². The number of hydrogen-bond donors (Lipinski definition) is 3. The van der Waals surface area contributed by atoms with Gasteiger partial charge in [-0.1, -0.05) is 89.7 Å². The highest BCUT2D eigenvalue weighted by molar-refractivity contribution is 4.87. The summed E-state index contributed by atoms with van der Waals surface area (Å²) in [5.74, 6) is 0. The summed E-state index contributed by atoms with van der Waals surface area (Å²) in [5, 5.41) is 29.1. The Morgan fingerprint density at radius 2 is 1.32 bits per heavy atom. The number of ether oxygens (including phenoxy) is 2. The maximum absolute atomic E-state index is 9.96. The summed E-state index contributed by atoms with van der Waals surface area (Å²) in [7, 11) is 0. The van der Waals surface area contributed by atoms with Gasteiger partial charge in [-0.05, 0) is 32.1 Å². The van der Waals surface area contributed by atoms with Gasteiger partial charge in [0.25, 0.3) is 0 Å². The summed E-state index contributed by atoms with van der Waals surface area (Å²) >= 11 is 0. The van der Waals surface area contributed by atoms with Crippen LogP contribution in [-0.2, 0) is 9.47 Å². The quantitative estimate of drug-likeness (QED) is 0.166. The molecule has 0 spiro atoms. The number of allylic oxidation sites excluding steroid dienone is 2. The molecule has 0 aromatic carbocycles. The first-order chi connectivity index (χ1) is 15.2. The van der Waals surface area contributed by atoms with Gasteiger partial charge in [0.05, 0.1) is 13.2 Å². The highest BCUT2D eigenvalue weighted by atomic mass is 16.5. The Bertz CT molecular complexity index is 415. The molecule has 0 aromatic heterocycles. The van der Waals surface area contributed by atoms with E-state index in [-0.39, 0.29) is 13.2 Å². The summed E-state index contributed by atoms with van der Waals surface area (Å²) in [6, 6.07) is 0. The number of hydrogen-bond acceptors (Lipinski definition) is 5. The minimum Gasteiger partial charge on any atom is -0.388 e. The van der Waals surface area contributed by atoms with Crippen LogP contribution >= 0.6 is 0 Å². The summed E-state index contributed by atoms with van der Waals surface area (Å²) in [6.45, 7) is 3.08. The largest absolute Gasteiger partial charge is 0.388 e. The first kappa shape index (κ1) is 28.6. The zero-order valence-electron chi connectivity index (χ0n) is 20.1. The normalized spacial score (nSPS) is 22.5. The molecule has 1 aliphatic rings. The van der Waals surface area contributed by atoms with Crippen molar-refractivity contribution in [3.63, 3.8) is 0 Å². The van der Waals surface area contributed by atoms with Crippen molar-refractivity contribution in [1.29, 1.82) is 0 Å². The predicted octanol–water partition coefficient (Wildman–Crippen LogP) is 5.30. The van der Waals surface area contributed by atoms with Crippen LogP contribution in [0.4, 0.5) is 0 Å². The molecule has 1 heterocycles. The lowest BCUT2D eigenvalue weighted by atomic mass is 10.1. The molecule has 0 unspecified atom stereocenters. The number of rotatable bonds is 21. The van der Waals surface area contributed by atoms with Crippen molar-refractivity contribution in [2.45, 2.75) is 134 Å². The molecular formula is C26H50O5. The van der Waals surface area contributed by atoms with Crippen molar-refractivity contribution in [3.8, 4) is 0 Å². The van der Waals surface area contributed by atoms with Crippen LogP contribution in [0.1, 0.15) is 110 Å². The lowest BCUT2D eigenvalue weighted by molar-refractivity contribution is -0.0813. The lowest BCUT2D eigenvalue weighted by Crippen LogP contribution is -2.40. The van der Waals surface area contributed by atoms with Crippen molar-refractivity contribution in [2.24, 2.45) is 0 Å². The summed E-state index contributed by atoms with van der Waals surface area (Å²) in [5.41, 5.74) is 0. The second-order valence-electron chi connectivity index (χ2n) is 9.14. The molecule has 3 N–H and O–H groups in total. The van der Waals surface area contributed by atoms with Gasteiger partial charge < -0.3 is 24.8 Å². The van der Waals surface area contributed by atoms with Crippen LogP contribution in [0.5, 0.6) is 0 Å². The van der Waals surface area contributed by atoms with Crippen LogP contribution < -0.4 is 0 Å². The van der Waals surface area contributed by atoms with Gasteiger partial charge in [-0.3, -0.25) is 0 Å². The molecule has 5 nitrogen and oxygen atoms in total. The van der Waals surface area contributed by atoms with Crippen LogP contribution in [0, 0.1) is 0 Å². The van der Waals surface area contributed by atoms with E-state index in [9.17, 15) is 15.3 Å². The Morgan fingerprint density at radius 3 is 1.84 bits per heavy atom. The first-order valence-corrected chi connectivity index (χ1v) is 13.0. The van der Waals surface area contributed by atoms with Crippen LogP contribution in [0.3, 0.4) is 0 Å². The molecular weight excluding hydrogens is 392 g/mol. The van der Waals surface area contributed by atoms with E-state index in [1.165, 1.54) is 83.5 Å². The number of aliphatic hydroxyl groups excluding tert-OH is 3. The molecule has 1 saturated heterocycles. The lowest BCUT2D eigenvalue weighted by Gasteiger charge is -2.20. The Balaban J connectivity index is 1.77. The van der Waals surface area contributed by atoms with Gasteiger partial charge >= 0.3 is 0 Å². The monoisotopic (exact) mass is 442 g/mol. The number of aliphatic hydroxyl groups is 3.